The number of pyridine rings is 1. The minimum atomic E-state index is -0.458. The number of benzene rings is 3. The van der Waals surface area contributed by atoms with Crippen LogP contribution in [0.25, 0.3) is 10.9 Å². The normalized spacial score (nSPS) is 10.6. The Hall–Kier alpha value is -4.06. The lowest BCUT2D eigenvalue weighted by Gasteiger charge is -2.12. The Balaban J connectivity index is 1.38. The molecule has 4 rings (SSSR count). The van der Waals surface area contributed by atoms with Crippen molar-refractivity contribution in [2.24, 2.45) is 0 Å². The van der Waals surface area contributed by atoms with Gasteiger partial charge in [0.15, 0.2) is 11.5 Å². The average molecular weight is 443 g/mol. The van der Waals surface area contributed by atoms with Gasteiger partial charge in [-0.3, -0.25) is 4.98 Å². The van der Waals surface area contributed by atoms with E-state index in [1.165, 1.54) is 5.56 Å². The molecule has 4 aromatic rings. The van der Waals surface area contributed by atoms with Crippen molar-refractivity contribution in [3.05, 3.63) is 95.7 Å². The predicted molar refractivity (Wildman–Crippen MR) is 128 cm³/mol. The van der Waals surface area contributed by atoms with Crippen LogP contribution in [0.15, 0.2) is 79.0 Å². The van der Waals surface area contributed by atoms with Gasteiger partial charge in [-0.15, -0.1) is 0 Å². The highest BCUT2D eigenvalue weighted by Gasteiger charge is 2.11. The smallest absolute Gasteiger partial charge is 0.412 e. The molecule has 6 nitrogen and oxygen atoms in total. The van der Waals surface area contributed by atoms with E-state index in [4.69, 9.17) is 14.2 Å². The molecule has 0 radical (unpaired) electrons. The second-order valence-electron chi connectivity index (χ2n) is 7.57. The number of carbonyl (C=O) groups is 1. The van der Waals surface area contributed by atoms with Crippen LogP contribution >= 0.6 is 0 Å². The van der Waals surface area contributed by atoms with Gasteiger partial charge in [-0.05, 0) is 53.8 Å². The summed E-state index contributed by atoms with van der Waals surface area (Å²) in [6.45, 7) is 0.518. The number of ether oxygens (including phenoxy) is 3. The average Bonchev–Trinajstić information content (AvgIpc) is 2.85. The molecular weight excluding hydrogens is 416 g/mol. The maximum atomic E-state index is 12.1. The topological polar surface area (TPSA) is 69.7 Å². The monoisotopic (exact) mass is 442 g/mol. The zero-order chi connectivity index (χ0) is 23.0. The summed E-state index contributed by atoms with van der Waals surface area (Å²) in [7, 11) is 3.23. The van der Waals surface area contributed by atoms with Crippen molar-refractivity contribution in [3.8, 4) is 17.2 Å². The lowest BCUT2D eigenvalue weighted by atomic mass is 10.0. The summed E-state index contributed by atoms with van der Waals surface area (Å²) in [4.78, 5) is 16.5. The molecule has 1 amide bonds. The van der Waals surface area contributed by atoms with Gasteiger partial charge in [-0.2, -0.15) is 0 Å². The first-order valence-corrected chi connectivity index (χ1v) is 10.7. The second-order valence-corrected chi connectivity index (χ2v) is 7.57. The van der Waals surface area contributed by atoms with Gasteiger partial charge in [-0.1, -0.05) is 42.5 Å². The Labute approximate surface area is 193 Å². The molecule has 6 heteroatoms. The van der Waals surface area contributed by atoms with Gasteiger partial charge in [0.05, 0.1) is 19.7 Å². The first-order valence-electron chi connectivity index (χ1n) is 10.7. The molecule has 0 unspecified atom stereocenters. The molecule has 0 bridgehead atoms. The van der Waals surface area contributed by atoms with Gasteiger partial charge in [0.1, 0.15) is 5.75 Å². The van der Waals surface area contributed by atoms with Crippen LogP contribution in [-0.4, -0.2) is 31.8 Å². The van der Waals surface area contributed by atoms with E-state index in [-0.39, 0.29) is 0 Å². The van der Waals surface area contributed by atoms with Crippen molar-refractivity contribution in [2.45, 2.75) is 12.8 Å². The van der Waals surface area contributed by atoms with E-state index in [1.54, 1.807) is 32.5 Å². The highest BCUT2D eigenvalue weighted by Crippen LogP contribution is 2.33. The molecule has 33 heavy (non-hydrogen) atoms. The minimum Gasteiger partial charge on any atom is -0.493 e. The molecular formula is C27H26N2O4. The van der Waals surface area contributed by atoms with Crippen LogP contribution < -0.4 is 19.5 Å². The zero-order valence-corrected chi connectivity index (χ0v) is 18.7. The first kappa shape index (κ1) is 22.1. The Kier molecular flexibility index (Phi) is 7.05. The number of hydrogen-bond donors (Lipinski definition) is 1. The number of methoxy groups -OCH3 is 2. The van der Waals surface area contributed by atoms with Crippen molar-refractivity contribution in [2.75, 3.05) is 20.8 Å². The number of carbonyl (C=O) groups excluding carboxylic acids is 1. The summed E-state index contributed by atoms with van der Waals surface area (Å²) in [5.74, 6) is 1.82. The van der Waals surface area contributed by atoms with Gasteiger partial charge in [0, 0.05) is 24.2 Å². The van der Waals surface area contributed by atoms with Crippen molar-refractivity contribution >= 4 is 17.0 Å². The summed E-state index contributed by atoms with van der Waals surface area (Å²) in [6.07, 6.45) is 2.80. The molecule has 0 aliphatic carbocycles. The molecule has 168 valence electrons. The summed E-state index contributed by atoms with van der Waals surface area (Å²) in [5.41, 5.74) is 4.22. The third kappa shape index (κ3) is 5.60. The highest BCUT2D eigenvalue weighted by molar-refractivity contribution is 5.86. The SMILES string of the molecule is COc1cc2nccc(Cc3ccc(OC(=O)NCCc4ccccc4)cc3)c2cc1OC. The molecule has 0 saturated heterocycles. The number of rotatable bonds is 8. The standard InChI is InChI=1S/C27H26N2O4/c1-31-25-17-23-21(13-15-28-24(23)18-26(25)32-2)16-20-8-10-22(11-9-20)33-27(30)29-14-12-19-6-4-3-5-7-19/h3-11,13,15,17-18H,12,14,16H2,1-2H3,(H,29,30). The maximum Gasteiger partial charge on any atom is 0.412 e. The molecule has 0 fully saturated rings. The molecule has 0 aliphatic rings. The van der Waals surface area contributed by atoms with Gasteiger partial charge >= 0.3 is 6.09 Å². The van der Waals surface area contributed by atoms with Gasteiger partial charge in [-0.25, -0.2) is 4.79 Å². The summed E-state index contributed by atoms with van der Waals surface area (Å²) in [5, 5.41) is 3.79. The predicted octanol–water partition coefficient (Wildman–Crippen LogP) is 5.17. The third-order valence-corrected chi connectivity index (χ3v) is 5.39. The first-order chi connectivity index (χ1) is 16.2. The number of aromatic nitrogens is 1. The van der Waals surface area contributed by atoms with Crippen molar-refractivity contribution in [3.63, 3.8) is 0 Å². The number of nitrogens with zero attached hydrogens (tertiary/aromatic N) is 1. The van der Waals surface area contributed by atoms with Gasteiger partial charge < -0.3 is 19.5 Å². The Morgan fingerprint density at radius 3 is 2.33 bits per heavy atom. The fraction of sp³-hybridized carbons (Fsp3) is 0.185. The van der Waals surface area contributed by atoms with Crippen molar-refractivity contribution in [1.82, 2.24) is 10.3 Å². The minimum absolute atomic E-state index is 0.458. The molecule has 3 aromatic carbocycles. The van der Waals surface area contributed by atoms with Gasteiger partial charge in [0.2, 0.25) is 0 Å². The fourth-order valence-electron chi connectivity index (χ4n) is 3.68. The fourth-order valence-corrected chi connectivity index (χ4v) is 3.68. The van der Waals surface area contributed by atoms with Crippen LogP contribution in [0, 0.1) is 0 Å². The van der Waals surface area contributed by atoms with E-state index >= 15 is 0 Å². The van der Waals surface area contributed by atoms with Crippen LogP contribution in [0.5, 0.6) is 17.2 Å². The molecule has 1 N–H and O–H groups in total. The van der Waals surface area contributed by atoms with E-state index in [2.05, 4.69) is 10.3 Å². The van der Waals surface area contributed by atoms with Crippen LogP contribution in [0.3, 0.4) is 0 Å². The largest absolute Gasteiger partial charge is 0.493 e. The Morgan fingerprint density at radius 2 is 1.61 bits per heavy atom. The van der Waals surface area contributed by atoms with E-state index in [0.717, 1.165) is 28.5 Å². The number of amides is 1. The molecule has 0 aliphatic heterocycles. The van der Waals surface area contributed by atoms with Crippen molar-refractivity contribution in [1.29, 1.82) is 0 Å². The van der Waals surface area contributed by atoms with E-state index < -0.39 is 6.09 Å². The lowest BCUT2D eigenvalue weighted by Crippen LogP contribution is -2.28. The van der Waals surface area contributed by atoms with Crippen LogP contribution in [0.2, 0.25) is 0 Å². The lowest BCUT2D eigenvalue weighted by molar-refractivity contribution is 0.200. The number of nitrogens with one attached hydrogen (secondary N) is 1. The number of hydrogen-bond acceptors (Lipinski definition) is 5. The third-order valence-electron chi connectivity index (χ3n) is 5.39. The zero-order valence-electron chi connectivity index (χ0n) is 18.7. The summed E-state index contributed by atoms with van der Waals surface area (Å²) >= 11 is 0. The summed E-state index contributed by atoms with van der Waals surface area (Å²) < 4.78 is 16.2. The number of fused-ring (bicyclic) bond motifs is 1. The van der Waals surface area contributed by atoms with Crippen LogP contribution in [-0.2, 0) is 12.8 Å². The van der Waals surface area contributed by atoms with E-state index in [0.29, 0.717) is 30.2 Å². The van der Waals surface area contributed by atoms with E-state index in [1.807, 2.05) is 60.7 Å². The molecule has 0 saturated carbocycles. The molecule has 0 spiro atoms. The van der Waals surface area contributed by atoms with Crippen LogP contribution in [0.1, 0.15) is 16.7 Å². The highest BCUT2D eigenvalue weighted by atomic mass is 16.6. The Morgan fingerprint density at radius 1 is 0.879 bits per heavy atom. The quantitative estimate of drug-likeness (QED) is 0.407. The van der Waals surface area contributed by atoms with Crippen LogP contribution in [0.4, 0.5) is 4.79 Å². The molecule has 0 atom stereocenters. The molecule has 1 aromatic heterocycles. The van der Waals surface area contributed by atoms with Crippen molar-refractivity contribution < 1.29 is 19.0 Å². The Bertz CT molecular complexity index is 1220. The summed E-state index contributed by atoms with van der Waals surface area (Å²) in [6, 6.07) is 23.4. The van der Waals surface area contributed by atoms with E-state index in [9.17, 15) is 4.79 Å². The second kappa shape index (κ2) is 10.5. The maximum absolute atomic E-state index is 12.1. The molecule has 1 heterocycles. The van der Waals surface area contributed by atoms with Gasteiger partial charge in [0.25, 0.3) is 0 Å².